The van der Waals surface area contributed by atoms with E-state index in [1.54, 1.807) is 13.4 Å². The first-order valence-corrected chi connectivity index (χ1v) is 6.06. The summed E-state index contributed by atoms with van der Waals surface area (Å²) in [5.74, 6) is 0. The molecule has 1 nitrogen and oxygen atoms in total. The zero-order valence-corrected chi connectivity index (χ0v) is 10.9. The molecule has 0 unspecified atom stereocenters. The smallest absolute Gasteiger partial charge is 0.0598 e. The summed E-state index contributed by atoms with van der Waals surface area (Å²) in [5, 5.41) is 0. The maximum atomic E-state index is 4.76. The van der Waals surface area contributed by atoms with Crippen molar-refractivity contribution in [1.82, 2.24) is 0 Å². The Hall–Kier alpha value is -1.63. The molecule has 0 radical (unpaired) electrons. The van der Waals surface area contributed by atoms with Crippen LogP contribution in [-0.4, -0.2) is 7.11 Å². The minimum absolute atomic E-state index is 0.984. The first-order chi connectivity index (χ1) is 8.41. The van der Waals surface area contributed by atoms with Crippen LogP contribution in [-0.2, 0) is 4.74 Å². The molecule has 0 aliphatic carbocycles. The van der Waals surface area contributed by atoms with Gasteiger partial charge in [0.2, 0.25) is 0 Å². The van der Waals surface area contributed by atoms with Crippen molar-refractivity contribution in [3.05, 3.63) is 67.4 Å². The molecule has 0 amide bonds. The predicted molar refractivity (Wildman–Crippen MR) is 76.5 cm³/mol. The van der Waals surface area contributed by atoms with E-state index in [0.29, 0.717) is 0 Å². The number of ether oxygens (including phenoxy) is 1. The molecule has 0 bridgehead atoms. The van der Waals surface area contributed by atoms with Crippen molar-refractivity contribution in [2.24, 2.45) is 0 Å². The van der Waals surface area contributed by atoms with Crippen LogP contribution < -0.4 is 0 Å². The van der Waals surface area contributed by atoms with E-state index in [2.05, 4.69) is 37.3 Å². The summed E-state index contributed by atoms with van der Waals surface area (Å²) in [6.45, 7) is 2.15. The highest BCUT2D eigenvalue weighted by Gasteiger charge is 1.71. The zero-order chi connectivity index (χ0) is 12.6. The molecule has 0 aromatic heterocycles. The summed E-state index contributed by atoms with van der Waals surface area (Å²) in [4.78, 5) is 0. The highest BCUT2D eigenvalue weighted by molar-refractivity contribution is 5.13. The van der Waals surface area contributed by atoms with Crippen LogP contribution in [0.1, 0.15) is 26.2 Å². The third kappa shape index (κ3) is 14.4. The lowest BCUT2D eigenvalue weighted by atomic mass is 10.2. The minimum atomic E-state index is 0.984. The molecule has 0 heterocycles. The Morgan fingerprint density at radius 2 is 1.59 bits per heavy atom. The van der Waals surface area contributed by atoms with Gasteiger partial charge < -0.3 is 4.74 Å². The number of methoxy groups -OCH3 is 1. The van der Waals surface area contributed by atoms with Gasteiger partial charge in [-0.05, 0) is 25.5 Å². The monoisotopic (exact) mass is 231 g/mol. The molecule has 0 atom stereocenters. The molecule has 17 heavy (non-hydrogen) atoms. The van der Waals surface area contributed by atoms with E-state index in [9.17, 15) is 0 Å². The van der Waals surface area contributed by atoms with Gasteiger partial charge in [-0.2, -0.15) is 18.6 Å². The molecule has 0 rings (SSSR count). The van der Waals surface area contributed by atoms with Gasteiger partial charge in [-0.1, -0.05) is 37.3 Å². The first-order valence-electron chi connectivity index (χ1n) is 6.06. The second-order valence-electron chi connectivity index (χ2n) is 3.39. The average Bonchev–Trinajstić information content (AvgIpc) is 2.35. The SMILES string of the molecule is CC/C=C\C/C=C\C/C=C/C=C/[CH-]/C=C/OC. The van der Waals surface area contributed by atoms with E-state index in [0.717, 1.165) is 19.3 Å². The maximum Gasteiger partial charge on any atom is 0.0598 e. The van der Waals surface area contributed by atoms with E-state index in [1.165, 1.54) is 0 Å². The lowest BCUT2D eigenvalue weighted by Gasteiger charge is -1.91. The molecule has 0 saturated carbocycles. The third-order valence-electron chi connectivity index (χ3n) is 1.91. The van der Waals surface area contributed by atoms with Crippen molar-refractivity contribution in [2.75, 3.05) is 7.11 Å². The van der Waals surface area contributed by atoms with Crippen molar-refractivity contribution in [3.8, 4) is 0 Å². The molecule has 0 aromatic carbocycles. The Kier molecular flexibility index (Phi) is 13.0. The third-order valence-corrected chi connectivity index (χ3v) is 1.91. The van der Waals surface area contributed by atoms with E-state index < -0.39 is 0 Å². The van der Waals surface area contributed by atoms with Crippen LogP contribution in [0.15, 0.2) is 60.9 Å². The van der Waals surface area contributed by atoms with Crippen LogP contribution >= 0.6 is 0 Å². The van der Waals surface area contributed by atoms with Gasteiger partial charge in [0, 0.05) is 0 Å². The van der Waals surface area contributed by atoms with Crippen LogP contribution in [0, 0.1) is 6.42 Å². The summed E-state index contributed by atoms with van der Waals surface area (Å²) in [7, 11) is 1.63. The lowest BCUT2D eigenvalue weighted by Crippen LogP contribution is -1.65. The van der Waals surface area contributed by atoms with Crippen LogP contribution in [0.25, 0.3) is 0 Å². The fourth-order valence-corrected chi connectivity index (χ4v) is 1.09. The van der Waals surface area contributed by atoms with E-state index in [4.69, 9.17) is 4.74 Å². The molecule has 0 spiro atoms. The Bertz CT molecular complexity index is 280. The van der Waals surface area contributed by atoms with Gasteiger partial charge in [0.25, 0.3) is 0 Å². The highest BCUT2D eigenvalue weighted by atomic mass is 16.5. The Labute approximate surface area is 106 Å². The molecule has 0 aliphatic rings. The van der Waals surface area contributed by atoms with Crippen molar-refractivity contribution >= 4 is 0 Å². The molecule has 1 heteroatoms. The molecule has 0 fully saturated rings. The predicted octanol–water partition coefficient (Wildman–Crippen LogP) is 4.77. The summed E-state index contributed by atoms with van der Waals surface area (Å²) < 4.78 is 4.76. The maximum absolute atomic E-state index is 4.76. The highest BCUT2D eigenvalue weighted by Crippen LogP contribution is 1.93. The average molecular weight is 231 g/mol. The van der Waals surface area contributed by atoms with Gasteiger partial charge in [0.1, 0.15) is 0 Å². The molecule has 94 valence electrons. The molecule has 0 saturated heterocycles. The van der Waals surface area contributed by atoms with Crippen LogP contribution in [0.3, 0.4) is 0 Å². The second kappa shape index (κ2) is 14.4. The second-order valence-corrected chi connectivity index (χ2v) is 3.39. The number of hydrogen-bond acceptors (Lipinski definition) is 1. The van der Waals surface area contributed by atoms with Crippen LogP contribution in [0.4, 0.5) is 0 Å². The van der Waals surface area contributed by atoms with E-state index in [1.807, 2.05) is 30.7 Å². The van der Waals surface area contributed by atoms with E-state index >= 15 is 0 Å². The largest absolute Gasteiger partial charge is 0.560 e. The summed E-state index contributed by atoms with van der Waals surface area (Å²) in [6.07, 6.45) is 25.5. The van der Waals surface area contributed by atoms with Crippen molar-refractivity contribution in [1.29, 1.82) is 0 Å². The van der Waals surface area contributed by atoms with Gasteiger partial charge in [0.15, 0.2) is 0 Å². The first kappa shape index (κ1) is 15.4. The summed E-state index contributed by atoms with van der Waals surface area (Å²) >= 11 is 0. The lowest BCUT2D eigenvalue weighted by molar-refractivity contribution is 0.338. The Morgan fingerprint density at radius 3 is 2.29 bits per heavy atom. The van der Waals surface area contributed by atoms with Gasteiger partial charge in [0.05, 0.1) is 7.11 Å². The fourth-order valence-electron chi connectivity index (χ4n) is 1.09. The quantitative estimate of drug-likeness (QED) is 0.240. The van der Waals surface area contributed by atoms with E-state index in [-0.39, 0.29) is 0 Å². The molecule has 0 N–H and O–H groups in total. The normalized spacial score (nSPS) is 12.8. The van der Waals surface area contributed by atoms with Gasteiger partial charge in [-0.25, -0.2) is 0 Å². The molecular weight excluding hydrogens is 208 g/mol. The fraction of sp³-hybridized carbons (Fsp3) is 0.312. The van der Waals surface area contributed by atoms with Crippen molar-refractivity contribution < 1.29 is 4.74 Å². The van der Waals surface area contributed by atoms with Crippen LogP contribution in [0.5, 0.6) is 0 Å². The Balaban J connectivity index is 3.47. The number of hydrogen-bond donors (Lipinski definition) is 0. The summed E-state index contributed by atoms with van der Waals surface area (Å²) in [6, 6.07) is 0. The molecular formula is C16H23O-. The van der Waals surface area contributed by atoms with Gasteiger partial charge in [-0.3, -0.25) is 0 Å². The van der Waals surface area contributed by atoms with Crippen molar-refractivity contribution in [3.63, 3.8) is 0 Å². The van der Waals surface area contributed by atoms with Gasteiger partial charge in [-0.15, -0.1) is 12.2 Å². The van der Waals surface area contributed by atoms with Crippen LogP contribution in [0.2, 0.25) is 0 Å². The van der Waals surface area contributed by atoms with Gasteiger partial charge >= 0.3 is 0 Å². The topological polar surface area (TPSA) is 9.23 Å². The standard InChI is InChI=1S/C16H23O/c1-3-4-5-6-7-8-9-10-11-12-13-14-15-16-17-2/h4-5,7-8,10-16H,3,6,9H2,1-2H3/q-1/b5-4-,8-7-,11-10+,13-12+,16-15+. The summed E-state index contributed by atoms with van der Waals surface area (Å²) in [5.41, 5.74) is 0. The molecule has 0 aromatic rings. The Morgan fingerprint density at radius 1 is 0.882 bits per heavy atom. The minimum Gasteiger partial charge on any atom is -0.560 e. The number of rotatable bonds is 9. The number of allylic oxidation sites excluding steroid dienone is 9. The van der Waals surface area contributed by atoms with Crippen molar-refractivity contribution in [2.45, 2.75) is 26.2 Å². The molecule has 0 aliphatic heterocycles. The zero-order valence-electron chi connectivity index (χ0n) is 10.9.